The second-order valence-electron chi connectivity index (χ2n) is 1.90. The standard InChI is InChI=1S/C6H7N.C2H4O2.Hg/c7-6-4-2-1-3-5-6;1-2(3)4;/h1-5H,7H2;1H3,(H,3,4);/q;;+1/p-1. The molecular weight excluding hydrogens is 343 g/mol. The Labute approximate surface area is 92.1 Å². The number of nitrogen functional groups attached to an aromatic ring is 1. The zero-order valence-corrected chi connectivity index (χ0v) is 12.5. The second-order valence-corrected chi connectivity index (χ2v) is 1.90. The molecule has 12 heavy (non-hydrogen) atoms. The Bertz CT molecular complexity index is 210. The number of hydrogen-bond donors (Lipinski definition) is 1. The molecule has 1 aromatic rings. The predicted octanol–water partition coefficient (Wildman–Crippen LogP) is 0.0225. The number of carboxylic acids is 1. The molecular formula is C8H10HgNO2. The van der Waals surface area contributed by atoms with Crippen molar-refractivity contribution in [1.82, 2.24) is 0 Å². The van der Waals surface area contributed by atoms with E-state index in [1.54, 1.807) is 0 Å². The first kappa shape index (κ1) is 14.0. The summed E-state index contributed by atoms with van der Waals surface area (Å²) in [7, 11) is 0. The van der Waals surface area contributed by atoms with Crippen molar-refractivity contribution in [2.75, 3.05) is 5.73 Å². The average Bonchev–Trinajstić information content (AvgIpc) is 1.87. The van der Waals surface area contributed by atoms with Crippen molar-refractivity contribution < 1.29 is 37.6 Å². The number of rotatable bonds is 0. The fraction of sp³-hybridized carbons (Fsp3) is 0.125. The summed E-state index contributed by atoms with van der Waals surface area (Å²) in [6.07, 6.45) is 0. The Kier molecular flexibility index (Phi) is 9.93. The van der Waals surface area contributed by atoms with Gasteiger partial charge < -0.3 is 15.6 Å². The van der Waals surface area contributed by atoms with Crippen LogP contribution in [0.3, 0.4) is 0 Å². The number of carboxylic acid groups (broad SMARTS) is 1. The van der Waals surface area contributed by atoms with Gasteiger partial charge >= 0.3 is 27.7 Å². The van der Waals surface area contributed by atoms with Crippen molar-refractivity contribution in [3.8, 4) is 0 Å². The molecule has 0 aliphatic heterocycles. The Morgan fingerprint density at radius 1 is 1.33 bits per heavy atom. The van der Waals surface area contributed by atoms with Crippen LogP contribution in [0, 0.1) is 0 Å². The molecule has 0 bridgehead atoms. The van der Waals surface area contributed by atoms with Crippen molar-refractivity contribution in [2.45, 2.75) is 6.92 Å². The summed E-state index contributed by atoms with van der Waals surface area (Å²) >= 11 is 0. The van der Waals surface area contributed by atoms with Gasteiger partial charge in [0.1, 0.15) is 0 Å². The van der Waals surface area contributed by atoms with E-state index < -0.39 is 5.97 Å². The molecule has 0 aliphatic rings. The Balaban J connectivity index is 0. The monoisotopic (exact) mass is 354 g/mol. The molecule has 0 atom stereocenters. The fourth-order valence-corrected chi connectivity index (χ4v) is 0.453. The third-order valence-corrected chi connectivity index (χ3v) is 0.800. The molecule has 4 heteroatoms. The first-order valence-electron chi connectivity index (χ1n) is 3.11. The van der Waals surface area contributed by atoms with Gasteiger partial charge in [0.25, 0.3) is 0 Å². The summed E-state index contributed by atoms with van der Waals surface area (Å²) in [6, 6.07) is 9.49. The minimum Gasteiger partial charge on any atom is -0.550 e. The summed E-state index contributed by atoms with van der Waals surface area (Å²) in [4.78, 5) is 8.89. The molecule has 0 amide bonds. The van der Waals surface area contributed by atoms with E-state index in [1.165, 1.54) is 0 Å². The van der Waals surface area contributed by atoms with Crippen LogP contribution in [0.4, 0.5) is 5.69 Å². The molecule has 0 fully saturated rings. The minimum atomic E-state index is -1.08. The van der Waals surface area contributed by atoms with Crippen molar-refractivity contribution in [1.29, 1.82) is 0 Å². The van der Waals surface area contributed by atoms with E-state index >= 15 is 0 Å². The predicted molar refractivity (Wildman–Crippen MR) is 41.5 cm³/mol. The van der Waals surface area contributed by atoms with Gasteiger partial charge in [0, 0.05) is 11.7 Å². The van der Waals surface area contributed by atoms with Crippen LogP contribution in [-0.4, -0.2) is 5.97 Å². The van der Waals surface area contributed by atoms with Crippen LogP contribution in [0.25, 0.3) is 0 Å². The van der Waals surface area contributed by atoms with Crippen LogP contribution in [0.5, 0.6) is 0 Å². The Morgan fingerprint density at radius 2 is 1.67 bits per heavy atom. The van der Waals surface area contributed by atoms with Gasteiger partial charge in [-0.25, -0.2) is 0 Å². The summed E-state index contributed by atoms with van der Waals surface area (Å²) in [5.74, 6) is -1.08. The van der Waals surface area contributed by atoms with Crippen LogP contribution in [0.2, 0.25) is 0 Å². The smallest absolute Gasteiger partial charge is 0.550 e. The summed E-state index contributed by atoms with van der Waals surface area (Å²) in [5, 5.41) is 8.89. The number of hydrogen-bond acceptors (Lipinski definition) is 3. The van der Waals surface area contributed by atoms with E-state index in [2.05, 4.69) is 0 Å². The van der Waals surface area contributed by atoms with Gasteiger partial charge in [-0.15, -0.1) is 0 Å². The molecule has 1 aromatic carbocycles. The quantitative estimate of drug-likeness (QED) is 0.529. The maximum Gasteiger partial charge on any atom is 1.00 e. The summed E-state index contributed by atoms with van der Waals surface area (Å²) in [6.45, 7) is 0.972. The van der Waals surface area contributed by atoms with Crippen LogP contribution < -0.4 is 10.8 Å². The molecule has 2 N–H and O–H groups in total. The molecule has 0 saturated carbocycles. The van der Waals surface area contributed by atoms with E-state index in [9.17, 15) is 0 Å². The number of carbonyl (C=O) groups excluding carboxylic acids is 1. The molecule has 0 saturated heterocycles. The van der Waals surface area contributed by atoms with Gasteiger partial charge in [-0.1, -0.05) is 18.2 Å². The minimum absolute atomic E-state index is 0. The summed E-state index contributed by atoms with van der Waals surface area (Å²) in [5.41, 5.74) is 6.18. The van der Waals surface area contributed by atoms with Gasteiger partial charge in [-0.2, -0.15) is 0 Å². The van der Waals surface area contributed by atoms with Gasteiger partial charge in [0.2, 0.25) is 0 Å². The average molecular weight is 353 g/mol. The zero-order valence-electron chi connectivity index (χ0n) is 6.99. The second kappa shape index (κ2) is 8.52. The molecule has 1 rings (SSSR count). The van der Waals surface area contributed by atoms with Gasteiger partial charge in [-0.3, -0.25) is 0 Å². The van der Waals surface area contributed by atoms with Gasteiger partial charge in [-0.05, 0) is 19.1 Å². The molecule has 0 aromatic heterocycles. The number of anilines is 1. The van der Waals surface area contributed by atoms with Crippen molar-refractivity contribution in [2.24, 2.45) is 0 Å². The normalized spacial score (nSPS) is 7.08. The molecule has 0 heterocycles. The first-order chi connectivity index (χ1) is 5.13. The van der Waals surface area contributed by atoms with Crippen molar-refractivity contribution in [3.05, 3.63) is 30.3 Å². The van der Waals surface area contributed by atoms with Gasteiger partial charge in [0.05, 0.1) is 0 Å². The number of benzene rings is 1. The third-order valence-electron chi connectivity index (χ3n) is 0.800. The molecule has 0 spiro atoms. The molecule has 0 unspecified atom stereocenters. The third kappa shape index (κ3) is 12.1. The number of carbonyl (C=O) groups is 1. The maximum absolute atomic E-state index is 8.89. The molecule has 0 aliphatic carbocycles. The zero-order chi connectivity index (χ0) is 8.69. The largest absolute Gasteiger partial charge is 1.00 e. The van der Waals surface area contributed by atoms with Crippen LogP contribution in [0.1, 0.15) is 6.92 Å². The van der Waals surface area contributed by atoms with Crippen LogP contribution in [-0.2, 0) is 32.5 Å². The molecule has 3 nitrogen and oxygen atoms in total. The first-order valence-corrected chi connectivity index (χ1v) is 3.11. The van der Waals surface area contributed by atoms with Crippen LogP contribution in [0.15, 0.2) is 30.3 Å². The van der Waals surface area contributed by atoms with Crippen molar-refractivity contribution in [3.63, 3.8) is 0 Å². The van der Waals surface area contributed by atoms with E-state index in [-0.39, 0.29) is 27.7 Å². The maximum atomic E-state index is 8.89. The van der Waals surface area contributed by atoms with Crippen molar-refractivity contribution >= 4 is 11.7 Å². The number of aliphatic carboxylic acids is 1. The number of nitrogens with two attached hydrogens (primary N) is 1. The topological polar surface area (TPSA) is 66.1 Å². The summed E-state index contributed by atoms with van der Waals surface area (Å²) < 4.78 is 0. The SMILES string of the molecule is CC(=O)[O-].Nc1ccccc1.[Hg+]. The Morgan fingerprint density at radius 3 is 1.83 bits per heavy atom. The molecule has 1 radical (unpaired) electrons. The molecule has 61 valence electrons. The number of para-hydroxylation sites is 1. The van der Waals surface area contributed by atoms with E-state index in [4.69, 9.17) is 15.6 Å². The van der Waals surface area contributed by atoms with E-state index in [0.29, 0.717) is 0 Å². The van der Waals surface area contributed by atoms with E-state index in [0.717, 1.165) is 12.6 Å². The van der Waals surface area contributed by atoms with Crippen LogP contribution >= 0.6 is 0 Å². The van der Waals surface area contributed by atoms with Gasteiger partial charge in [0.15, 0.2) is 0 Å². The van der Waals surface area contributed by atoms with E-state index in [1.807, 2.05) is 30.3 Å². The fourth-order valence-electron chi connectivity index (χ4n) is 0.453. The Hall–Kier alpha value is -0.575.